The Labute approximate surface area is 221 Å². The van der Waals surface area contributed by atoms with Gasteiger partial charge in [-0.05, 0) is 54.7 Å². The molecule has 0 aromatic heterocycles. The molecule has 2 unspecified atom stereocenters. The van der Waals surface area contributed by atoms with Crippen molar-refractivity contribution >= 4 is 29.5 Å². The maximum Gasteiger partial charge on any atom is 0.231 e. The van der Waals surface area contributed by atoms with Crippen molar-refractivity contribution in [3.05, 3.63) is 89.3 Å². The maximum absolute atomic E-state index is 13.5. The lowest BCUT2D eigenvalue weighted by Crippen LogP contribution is -2.40. The topological polar surface area (TPSA) is 100 Å². The quantitative estimate of drug-likeness (QED) is 0.397. The predicted molar refractivity (Wildman–Crippen MR) is 146 cm³/mol. The molecule has 38 heavy (non-hydrogen) atoms. The third kappa shape index (κ3) is 7.79. The van der Waals surface area contributed by atoms with Crippen molar-refractivity contribution in [3.63, 3.8) is 0 Å². The molecule has 0 saturated heterocycles. The maximum atomic E-state index is 13.5. The van der Waals surface area contributed by atoms with Gasteiger partial charge in [-0.2, -0.15) is 4.99 Å². The molecule has 1 aliphatic heterocycles. The smallest absolute Gasteiger partial charge is 0.231 e. The molecule has 1 aromatic carbocycles. The predicted octanol–water partition coefficient (Wildman–Crippen LogP) is 4.27. The van der Waals surface area contributed by atoms with Crippen LogP contribution < -0.4 is 5.32 Å². The average molecular weight is 518 g/mol. The minimum absolute atomic E-state index is 0.0279. The van der Waals surface area contributed by atoms with Crippen LogP contribution in [0.15, 0.2) is 87.9 Å². The van der Waals surface area contributed by atoms with Gasteiger partial charge in [0.25, 0.3) is 0 Å². The van der Waals surface area contributed by atoms with Crippen LogP contribution in [0, 0.1) is 11.7 Å². The molecule has 2 N–H and O–H groups in total. The van der Waals surface area contributed by atoms with Crippen LogP contribution in [-0.4, -0.2) is 54.3 Å². The number of nitrogens with one attached hydrogen (secondary N) is 1. The van der Waals surface area contributed by atoms with E-state index in [1.807, 2.05) is 36.5 Å². The summed E-state index contributed by atoms with van der Waals surface area (Å²) in [5, 5.41) is 12.0. The summed E-state index contributed by atoms with van der Waals surface area (Å²) in [7, 11) is 0. The first-order valence-corrected chi connectivity index (χ1v) is 12.9. The molecule has 1 aromatic rings. The fraction of sp³-hybridized carbons (Fsp3) is 0.333. The summed E-state index contributed by atoms with van der Waals surface area (Å²) >= 11 is 0. The number of aliphatic hydroxyl groups is 1. The summed E-state index contributed by atoms with van der Waals surface area (Å²) in [6.45, 7) is 0.654. The third-order valence-corrected chi connectivity index (χ3v) is 6.27. The molecule has 198 valence electrons. The molecule has 2 aliphatic carbocycles. The summed E-state index contributed by atoms with van der Waals surface area (Å²) < 4.78 is 19.7. The van der Waals surface area contributed by atoms with Gasteiger partial charge in [0.2, 0.25) is 11.8 Å². The number of Topliss-reactive ketones (excluding diaryl/α,β-unsaturated/α-hetero) is 1. The van der Waals surface area contributed by atoms with Crippen LogP contribution in [0.25, 0.3) is 6.08 Å². The highest BCUT2D eigenvalue weighted by atomic mass is 19.1. The van der Waals surface area contributed by atoms with Gasteiger partial charge in [0.15, 0.2) is 0 Å². The number of hydrogen-bond acceptors (Lipinski definition) is 5. The number of hydrogen-bond donors (Lipinski definition) is 2. The summed E-state index contributed by atoms with van der Waals surface area (Å²) in [4.78, 5) is 34.7. The molecule has 0 fully saturated rings. The van der Waals surface area contributed by atoms with E-state index in [-0.39, 0.29) is 37.0 Å². The number of rotatable bonds is 8. The van der Waals surface area contributed by atoms with Crippen molar-refractivity contribution in [2.45, 2.75) is 38.2 Å². The highest BCUT2D eigenvalue weighted by Crippen LogP contribution is 2.27. The molecule has 4 rings (SSSR count). The van der Waals surface area contributed by atoms with E-state index in [4.69, 9.17) is 19.8 Å². The molecule has 0 spiro atoms. The fourth-order valence-corrected chi connectivity index (χ4v) is 4.27. The molecular formula is C30H32FN3O4. The molecule has 8 heteroatoms. The number of ketones is 1. The first kappa shape index (κ1) is 27.1. The zero-order valence-corrected chi connectivity index (χ0v) is 21.2. The Morgan fingerprint density at radius 3 is 2.84 bits per heavy atom. The molecule has 0 saturated carbocycles. The highest BCUT2D eigenvalue weighted by Gasteiger charge is 2.33. The number of benzene rings is 1. The van der Waals surface area contributed by atoms with Gasteiger partial charge in [-0.1, -0.05) is 48.6 Å². The van der Waals surface area contributed by atoms with Gasteiger partial charge < -0.3 is 15.2 Å². The van der Waals surface area contributed by atoms with Crippen molar-refractivity contribution in [3.8, 4) is 0 Å². The summed E-state index contributed by atoms with van der Waals surface area (Å²) in [5.41, 5.74) is 2.39. The Bertz CT molecular complexity index is 1240. The first-order valence-electron chi connectivity index (χ1n) is 12.9. The van der Waals surface area contributed by atoms with Crippen molar-refractivity contribution in [2.75, 3.05) is 19.7 Å². The monoisotopic (exact) mass is 517 g/mol. The van der Waals surface area contributed by atoms with Gasteiger partial charge >= 0.3 is 0 Å². The summed E-state index contributed by atoms with van der Waals surface area (Å²) in [5.74, 6) is -0.554. The van der Waals surface area contributed by atoms with Crippen LogP contribution in [0.5, 0.6) is 0 Å². The number of amidine groups is 1. The Morgan fingerprint density at radius 2 is 2.05 bits per heavy atom. The summed E-state index contributed by atoms with van der Waals surface area (Å²) in [6, 6.07) is 6.01. The average Bonchev–Trinajstić information content (AvgIpc) is 3.19. The number of aliphatic hydroxyl groups excluding tert-OH is 1. The van der Waals surface area contributed by atoms with Gasteiger partial charge in [-0.25, -0.2) is 4.39 Å². The normalized spacial score (nSPS) is 23.3. The zero-order valence-electron chi connectivity index (χ0n) is 21.2. The molecule has 0 bridgehead atoms. The fourth-order valence-electron chi connectivity index (χ4n) is 4.27. The van der Waals surface area contributed by atoms with Crippen LogP contribution in [0.1, 0.15) is 37.7 Å². The number of nitrogens with zero attached hydrogens (tertiary/aromatic N) is 2. The van der Waals surface area contributed by atoms with E-state index in [1.54, 1.807) is 18.2 Å². The lowest BCUT2D eigenvalue weighted by molar-refractivity contribution is -0.123. The first-order chi connectivity index (χ1) is 18.5. The van der Waals surface area contributed by atoms with E-state index < -0.39 is 12.0 Å². The van der Waals surface area contributed by atoms with Crippen LogP contribution in [0.3, 0.4) is 0 Å². The molecule has 1 amide bonds. The second kappa shape index (κ2) is 13.6. The number of carbonyl (C=O) groups is 2. The van der Waals surface area contributed by atoms with Gasteiger partial charge in [0.1, 0.15) is 29.5 Å². The number of aliphatic imine (C=N–C) groups is 2. The highest BCUT2D eigenvalue weighted by molar-refractivity contribution is 6.15. The second-order valence-electron chi connectivity index (χ2n) is 9.27. The molecule has 3 aliphatic rings. The van der Waals surface area contributed by atoms with Crippen molar-refractivity contribution in [1.29, 1.82) is 0 Å². The number of amides is 1. The Hall–Kier alpha value is -3.91. The van der Waals surface area contributed by atoms with Crippen molar-refractivity contribution in [2.24, 2.45) is 15.9 Å². The van der Waals surface area contributed by atoms with Gasteiger partial charge in [-0.3, -0.25) is 14.6 Å². The zero-order chi connectivity index (χ0) is 26.7. The second-order valence-corrected chi connectivity index (χ2v) is 9.27. The molecule has 1 heterocycles. The van der Waals surface area contributed by atoms with Gasteiger partial charge in [0.05, 0.1) is 6.54 Å². The van der Waals surface area contributed by atoms with Crippen molar-refractivity contribution in [1.82, 2.24) is 5.32 Å². The van der Waals surface area contributed by atoms with E-state index in [0.717, 1.165) is 17.6 Å². The minimum Gasteiger partial charge on any atom is -0.469 e. The van der Waals surface area contributed by atoms with E-state index in [0.29, 0.717) is 43.2 Å². The number of allylic oxidation sites excluding steroid dienone is 5. The Kier molecular flexibility index (Phi) is 9.70. The van der Waals surface area contributed by atoms with E-state index in [1.165, 1.54) is 12.1 Å². The molecule has 7 nitrogen and oxygen atoms in total. The minimum atomic E-state index is -0.676. The van der Waals surface area contributed by atoms with E-state index >= 15 is 0 Å². The third-order valence-electron chi connectivity index (χ3n) is 6.27. The molecular weight excluding hydrogens is 485 g/mol. The van der Waals surface area contributed by atoms with Crippen LogP contribution in [0.4, 0.5) is 4.39 Å². The van der Waals surface area contributed by atoms with Crippen LogP contribution in [0.2, 0.25) is 0 Å². The number of ether oxygens (including phenoxy) is 1. The van der Waals surface area contributed by atoms with Gasteiger partial charge in [0, 0.05) is 31.6 Å². The number of carbonyl (C=O) groups excluding carboxylic acids is 2. The SMILES string of the molecule is O=C1CC=CC(OC2=NC(=NCC3=CCC=CC=C3)C(C(=O)NCCCO)C/C2=C/c2ccc(F)cc2)C1. The van der Waals surface area contributed by atoms with Crippen molar-refractivity contribution < 1.29 is 23.8 Å². The summed E-state index contributed by atoms with van der Waals surface area (Å²) in [6.07, 6.45) is 17.1. The molecule has 0 radical (unpaired) electrons. The Morgan fingerprint density at radius 1 is 1.21 bits per heavy atom. The standard InChI is InChI=1S/C30H32FN3O4/c31-24-13-11-21(12-14-24)17-23-18-27(29(37)32-15-6-16-35)28(33-20-22-7-3-1-2-4-8-22)34-30(23)38-26-10-5-9-25(36)19-26/h1-3,5,7-8,10-14,17,26-27,35H,4,6,9,15-16,18-20H2,(H,32,37)/b23-17-,33-28?. The van der Waals surface area contributed by atoms with Gasteiger partial charge in [-0.15, -0.1) is 0 Å². The van der Waals surface area contributed by atoms with Crippen LogP contribution in [-0.2, 0) is 14.3 Å². The molecule has 2 atom stereocenters. The van der Waals surface area contributed by atoms with Crippen LogP contribution >= 0.6 is 0 Å². The van der Waals surface area contributed by atoms with E-state index in [2.05, 4.69) is 11.4 Å². The number of halogens is 1. The lowest BCUT2D eigenvalue weighted by atomic mass is 9.92. The lowest BCUT2D eigenvalue weighted by Gasteiger charge is -2.27. The van der Waals surface area contributed by atoms with E-state index in [9.17, 15) is 14.0 Å². The Balaban J connectivity index is 1.70. The largest absolute Gasteiger partial charge is 0.469 e.